The first-order valence-electron chi connectivity index (χ1n) is 7.16. The molecular weight excluding hydrogens is 286 g/mol. The second-order valence-corrected chi connectivity index (χ2v) is 7.44. The second kappa shape index (κ2) is 7.03. The minimum atomic E-state index is -3.30. The van der Waals surface area contributed by atoms with Crippen LogP contribution in [0.15, 0.2) is 24.3 Å². The number of rotatable bonds is 5. The number of piperidine rings is 1. The van der Waals surface area contributed by atoms with E-state index >= 15 is 0 Å². The molecule has 21 heavy (non-hydrogen) atoms. The van der Waals surface area contributed by atoms with Crippen LogP contribution in [-0.4, -0.2) is 39.4 Å². The number of hydrogen-bond acceptors (Lipinski definition) is 4. The molecule has 1 aromatic carbocycles. The molecule has 1 aromatic rings. The lowest BCUT2D eigenvalue weighted by Gasteiger charge is -2.31. The van der Waals surface area contributed by atoms with Crippen LogP contribution in [0.25, 0.3) is 0 Å². The largest absolute Gasteiger partial charge is 0.319 e. The molecule has 2 rings (SSSR count). The molecule has 1 aliphatic heterocycles. The Morgan fingerprint density at radius 2 is 2.10 bits per heavy atom. The fourth-order valence-electron chi connectivity index (χ4n) is 2.71. The van der Waals surface area contributed by atoms with E-state index in [-0.39, 0.29) is 5.75 Å². The summed E-state index contributed by atoms with van der Waals surface area (Å²) in [5.74, 6) is 0.530. The van der Waals surface area contributed by atoms with Gasteiger partial charge < -0.3 is 5.32 Å². The third kappa shape index (κ3) is 4.27. The Hall–Kier alpha value is -1.42. The van der Waals surface area contributed by atoms with Crippen LogP contribution in [-0.2, 0) is 15.8 Å². The summed E-state index contributed by atoms with van der Waals surface area (Å²) in [7, 11) is -1.37. The summed E-state index contributed by atoms with van der Waals surface area (Å²) in [6.45, 7) is 2.12. The van der Waals surface area contributed by atoms with Crippen LogP contribution in [0.1, 0.15) is 24.0 Å². The van der Waals surface area contributed by atoms with E-state index in [1.54, 1.807) is 28.6 Å². The average molecular weight is 307 g/mol. The average Bonchev–Trinajstić information content (AvgIpc) is 2.48. The fourth-order valence-corrected chi connectivity index (χ4v) is 4.26. The van der Waals surface area contributed by atoms with Crippen molar-refractivity contribution in [1.29, 1.82) is 5.26 Å². The molecule has 1 saturated heterocycles. The van der Waals surface area contributed by atoms with E-state index in [1.807, 2.05) is 13.1 Å². The third-order valence-electron chi connectivity index (χ3n) is 3.86. The van der Waals surface area contributed by atoms with Gasteiger partial charge in [0.15, 0.2) is 0 Å². The Kier molecular flexibility index (Phi) is 5.34. The van der Waals surface area contributed by atoms with Crippen molar-refractivity contribution in [2.45, 2.75) is 18.6 Å². The molecule has 1 aliphatic rings. The molecule has 0 spiro atoms. The molecule has 1 heterocycles. The lowest BCUT2D eigenvalue weighted by Crippen LogP contribution is -2.40. The maximum Gasteiger partial charge on any atom is 0.218 e. The SMILES string of the molecule is CNCC1CCN(S(=O)(=O)Cc2cccc(C#N)c2)CC1. The van der Waals surface area contributed by atoms with Crippen molar-refractivity contribution < 1.29 is 8.42 Å². The highest BCUT2D eigenvalue weighted by atomic mass is 32.2. The maximum atomic E-state index is 12.4. The van der Waals surface area contributed by atoms with Gasteiger partial charge in [0, 0.05) is 13.1 Å². The van der Waals surface area contributed by atoms with Crippen molar-refractivity contribution in [1.82, 2.24) is 9.62 Å². The smallest absolute Gasteiger partial charge is 0.218 e. The van der Waals surface area contributed by atoms with E-state index in [9.17, 15) is 8.42 Å². The summed E-state index contributed by atoms with van der Waals surface area (Å²) >= 11 is 0. The van der Waals surface area contributed by atoms with Crippen LogP contribution in [0.4, 0.5) is 0 Å². The predicted octanol–water partition coefficient (Wildman–Crippen LogP) is 1.32. The third-order valence-corrected chi connectivity index (χ3v) is 5.71. The summed E-state index contributed by atoms with van der Waals surface area (Å²) in [5.41, 5.74) is 1.17. The number of sulfonamides is 1. The van der Waals surface area contributed by atoms with Gasteiger partial charge in [-0.25, -0.2) is 12.7 Å². The number of nitriles is 1. The summed E-state index contributed by atoms with van der Waals surface area (Å²) in [6.07, 6.45) is 1.80. The predicted molar refractivity (Wildman–Crippen MR) is 82.0 cm³/mol. The second-order valence-electron chi connectivity index (χ2n) is 5.47. The van der Waals surface area contributed by atoms with Gasteiger partial charge in [0.25, 0.3) is 0 Å². The molecule has 0 saturated carbocycles. The summed E-state index contributed by atoms with van der Waals surface area (Å²) < 4.78 is 26.5. The zero-order chi connectivity index (χ0) is 15.3. The molecule has 5 nitrogen and oxygen atoms in total. The van der Waals surface area contributed by atoms with E-state index in [4.69, 9.17) is 5.26 Å². The topological polar surface area (TPSA) is 73.2 Å². The summed E-state index contributed by atoms with van der Waals surface area (Å²) in [5, 5.41) is 12.0. The minimum Gasteiger partial charge on any atom is -0.319 e. The van der Waals surface area contributed by atoms with Crippen LogP contribution in [0.3, 0.4) is 0 Å². The Morgan fingerprint density at radius 1 is 1.38 bits per heavy atom. The number of nitrogens with one attached hydrogen (secondary N) is 1. The van der Waals surface area contributed by atoms with Crippen molar-refractivity contribution in [2.75, 3.05) is 26.7 Å². The number of hydrogen-bond donors (Lipinski definition) is 1. The molecule has 1 N–H and O–H groups in total. The van der Waals surface area contributed by atoms with Crippen LogP contribution >= 0.6 is 0 Å². The van der Waals surface area contributed by atoms with Gasteiger partial charge in [-0.2, -0.15) is 5.26 Å². The van der Waals surface area contributed by atoms with Gasteiger partial charge in [0.1, 0.15) is 0 Å². The fraction of sp³-hybridized carbons (Fsp3) is 0.533. The highest BCUT2D eigenvalue weighted by Crippen LogP contribution is 2.21. The normalized spacial score (nSPS) is 17.5. The van der Waals surface area contributed by atoms with Crippen LogP contribution < -0.4 is 5.32 Å². The highest BCUT2D eigenvalue weighted by molar-refractivity contribution is 7.88. The zero-order valence-corrected chi connectivity index (χ0v) is 13.1. The van der Waals surface area contributed by atoms with Gasteiger partial charge in [0.05, 0.1) is 17.4 Å². The van der Waals surface area contributed by atoms with Gasteiger partial charge in [-0.1, -0.05) is 12.1 Å². The van der Waals surface area contributed by atoms with Gasteiger partial charge in [-0.05, 0) is 50.0 Å². The molecule has 0 amide bonds. The van der Waals surface area contributed by atoms with Crippen molar-refractivity contribution in [3.63, 3.8) is 0 Å². The lowest BCUT2D eigenvalue weighted by atomic mass is 9.98. The summed E-state index contributed by atoms with van der Waals surface area (Å²) in [6, 6.07) is 8.84. The maximum absolute atomic E-state index is 12.4. The zero-order valence-electron chi connectivity index (χ0n) is 12.2. The Morgan fingerprint density at radius 3 is 2.71 bits per heavy atom. The van der Waals surface area contributed by atoms with Crippen molar-refractivity contribution in [3.05, 3.63) is 35.4 Å². The van der Waals surface area contributed by atoms with Gasteiger partial charge in [-0.3, -0.25) is 0 Å². The van der Waals surface area contributed by atoms with Crippen molar-refractivity contribution in [2.24, 2.45) is 5.92 Å². The molecule has 0 aliphatic carbocycles. The lowest BCUT2D eigenvalue weighted by molar-refractivity contribution is 0.270. The summed E-state index contributed by atoms with van der Waals surface area (Å²) in [4.78, 5) is 0. The first-order chi connectivity index (χ1) is 10.0. The first-order valence-corrected chi connectivity index (χ1v) is 8.77. The Labute approximate surface area is 126 Å². The molecule has 0 radical (unpaired) electrons. The Balaban J connectivity index is 2.01. The van der Waals surface area contributed by atoms with E-state index in [2.05, 4.69) is 5.32 Å². The first kappa shape index (κ1) is 16.0. The molecule has 114 valence electrons. The van der Waals surface area contributed by atoms with Crippen LogP contribution in [0, 0.1) is 17.2 Å². The quantitative estimate of drug-likeness (QED) is 0.890. The number of nitrogens with zero attached hydrogens (tertiary/aromatic N) is 2. The van der Waals surface area contributed by atoms with Crippen molar-refractivity contribution in [3.8, 4) is 6.07 Å². The standard InChI is InChI=1S/C15H21N3O2S/c1-17-11-13-5-7-18(8-6-13)21(19,20)12-15-4-2-3-14(9-15)10-16/h2-4,9,13,17H,5-8,11-12H2,1H3. The molecule has 0 unspecified atom stereocenters. The van der Waals surface area contributed by atoms with E-state index < -0.39 is 10.0 Å². The molecule has 6 heteroatoms. The highest BCUT2D eigenvalue weighted by Gasteiger charge is 2.27. The molecular formula is C15H21N3O2S. The van der Waals surface area contributed by atoms with Gasteiger partial charge in [-0.15, -0.1) is 0 Å². The van der Waals surface area contributed by atoms with Crippen LogP contribution in [0.5, 0.6) is 0 Å². The van der Waals surface area contributed by atoms with Gasteiger partial charge in [0.2, 0.25) is 10.0 Å². The van der Waals surface area contributed by atoms with E-state index in [1.165, 1.54) is 0 Å². The number of benzene rings is 1. The Bertz CT molecular complexity index is 614. The minimum absolute atomic E-state index is 0.0286. The molecule has 1 fully saturated rings. The van der Waals surface area contributed by atoms with Gasteiger partial charge >= 0.3 is 0 Å². The molecule has 0 atom stereocenters. The molecule has 0 bridgehead atoms. The monoisotopic (exact) mass is 307 g/mol. The van der Waals surface area contributed by atoms with E-state index in [0.717, 1.165) is 19.4 Å². The molecule has 0 aromatic heterocycles. The van der Waals surface area contributed by atoms with Crippen molar-refractivity contribution >= 4 is 10.0 Å². The van der Waals surface area contributed by atoms with Crippen LogP contribution in [0.2, 0.25) is 0 Å². The van der Waals surface area contributed by atoms with E-state index in [0.29, 0.717) is 30.1 Å².